The zero-order valence-electron chi connectivity index (χ0n) is 10.7. The molecule has 0 heterocycles. The van der Waals surface area contributed by atoms with Crippen LogP contribution in [-0.4, -0.2) is 35.0 Å². The van der Waals surface area contributed by atoms with Crippen LogP contribution in [0.5, 0.6) is 0 Å². The van der Waals surface area contributed by atoms with Crippen LogP contribution in [0.15, 0.2) is 30.3 Å². The predicted octanol–water partition coefficient (Wildman–Crippen LogP) is 1.99. The van der Waals surface area contributed by atoms with Crippen molar-refractivity contribution >= 4 is 5.78 Å². The number of rotatable bonds is 5. The highest BCUT2D eigenvalue weighted by Crippen LogP contribution is 2.21. The Hall–Kier alpha value is -1.19. The maximum atomic E-state index is 11.5. The lowest BCUT2D eigenvalue weighted by molar-refractivity contribution is -0.122. The van der Waals surface area contributed by atoms with Gasteiger partial charge in [-0.25, -0.2) is 0 Å². The maximum absolute atomic E-state index is 11.5. The molecule has 0 aliphatic heterocycles. The highest BCUT2D eigenvalue weighted by molar-refractivity contribution is 5.79. The predicted molar refractivity (Wildman–Crippen MR) is 71.2 cm³/mol. The van der Waals surface area contributed by atoms with Gasteiger partial charge in [-0.1, -0.05) is 30.3 Å². The Balaban J connectivity index is 2.01. The molecule has 0 saturated heterocycles. The molecule has 0 amide bonds. The molecule has 1 unspecified atom stereocenters. The minimum absolute atomic E-state index is 0.150. The van der Waals surface area contributed by atoms with Gasteiger partial charge in [0.25, 0.3) is 0 Å². The average Bonchev–Trinajstić information content (AvgIpc) is 2.39. The molecule has 1 N–H and O–H groups in total. The Bertz CT molecular complexity index is 377. The smallest absolute Gasteiger partial charge is 0.134 e. The molecular weight excluding hydrogens is 226 g/mol. The molecule has 3 heteroatoms. The van der Waals surface area contributed by atoms with Crippen LogP contribution < -0.4 is 0 Å². The van der Waals surface area contributed by atoms with E-state index in [4.69, 9.17) is 0 Å². The lowest BCUT2D eigenvalue weighted by Gasteiger charge is -2.33. The van der Waals surface area contributed by atoms with Gasteiger partial charge in [-0.05, 0) is 18.4 Å². The minimum atomic E-state index is 0.150. The summed E-state index contributed by atoms with van der Waals surface area (Å²) < 4.78 is 0. The van der Waals surface area contributed by atoms with Gasteiger partial charge >= 0.3 is 0 Å². The summed E-state index contributed by atoms with van der Waals surface area (Å²) in [6.07, 6.45) is 3.43. The number of carbonyl (C=O) groups excluding carboxylic acids is 1. The van der Waals surface area contributed by atoms with E-state index in [1.54, 1.807) is 0 Å². The Kier molecular flexibility index (Phi) is 4.90. The summed E-state index contributed by atoms with van der Waals surface area (Å²) >= 11 is 0. The standard InChI is InChI=1S/C15H21NO2/c17-10-9-16(12-13-5-2-1-3-6-13)14-7-4-8-15(18)11-14/h1-3,5-6,14,17H,4,7-12H2. The lowest BCUT2D eigenvalue weighted by Crippen LogP contribution is -2.40. The van der Waals surface area contributed by atoms with Crippen molar-refractivity contribution in [2.45, 2.75) is 38.3 Å². The molecule has 0 radical (unpaired) electrons. The fraction of sp³-hybridized carbons (Fsp3) is 0.533. The highest BCUT2D eigenvalue weighted by atomic mass is 16.3. The first-order valence-electron chi connectivity index (χ1n) is 6.70. The van der Waals surface area contributed by atoms with E-state index in [2.05, 4.69) is 17.0 Å². The molecule has 1 aromatic rings. The van der Waals surface area contributed by atoms with Crippen molar-refractivity contribution < 1.29 is 9.90 Å². The molecule has 1 atom stereocenters. The van der Waals surface area contributed by atoms with Crippen LogP contribution in [0.2, 0.25) is 0 Å². The lowest BCUT2D eigenvalue weighted by atomic mass is 9.92. The Morgan fingerprint density at radius 1 is 1.28 bits per heavy atom. The molecule has 2 rings (SSSR count). The second-order valence-corrected chi connectivity index (χ2v) is 4.97. The normalized spacial score (nSPS) is 20.3. The first-order chi connectivity index (χ1) is 8.79. The second kappa shape index (κ2) is 6.66. The zero-order valence-corrected chi connectivity index (χ0v) is 10.7. The molecule has 1 saturated carbocycles. The summed E-state index contributed by atoms with van der Waals surface area (Å²) in [4.78, 5) is 13.8. The van der Waals surface area contributed by atoms with Crippen LogP contribution in [0, 0.1) is 0 Å². The van der Waals surface area contributed by atoms with Gasteiger partial charge in [0.2, 0.25) is 0 Å². The maximum Gasteiger partial charge on any atom is 0.134 e. The number of carbonyl (C=O) groups is 1. The van der Waals surface area contributed by atoms with Crippen molar-refractivity contribution in [1.82, 2.24) is 4.90 Å². The molecule has 1 aliphatic rings. The molecule has 1 fully saturated rings. The number of aliphatic hydroxyl groups is 1. The SMILES string of the molecule is O=C1CCCC(N(CCO)Cc2ccccc2)C1. The number of hydrogen-bond acceptors (Lipinski definition) is 3. The summed E-state index contributed by atoms with van der Waals surface area (Å²) in [5.74, 6) is 0.363. The van der Waals surface area contributed by atoms with Crippen molar-refractivity contribution in [1.29, 1.82) is 0 Å². The van der Waals surface area contributed by atoms with Gasteiger partial charge in [-0.2, -0.15) is 0 Å². The number of nitrogens with zero attached hydrogens (tertiary/aromatic N) is 1. The molecule has 1 aliphatic carbocycles. The number of ketones is 1. The summed E-state index contributed by atoms with van der Waals surface area (Å²) in [6.45, 7) is 1.61. The number of hydrogen-bond donors (Lipinski definition) is 1. The van der Waals surface area contributed by atoms with Gasteiger partial charge in [0.05, 0.1) is 6.61 Å². The summed E-state index contributed by atoms with van der Waals surface area (Å²) in [7, 11) is 0. The first kappa shape index (κ1) is 13.2. The first-order valence-corrected chi connectivity index (χ1v) is 6.70. The van der Waals surface area contributed by atoms with E-state index in [9.17, 15) is 9.90 Å². The molecule has 3 nitrogen and oxygen atoms in total. The van der Waals surface area contributed by atoms with Gasteiger partial charge in [-0.3, -0.25) is 9.69 Å². The van der Waals surface area contributed by atoms with Crippen molar-refractivity contribution in [3.63, 3.8) is 0 Å². The quantitative estimate of drug-likeness (QED) is 0.865. The van der Waals surface area contributed by atoms with Gasteiger partial charge < -0.3 is 5.11 Å². The molecule has 0 spiro atoms. The van der Waals surface area contributed by atoms with E-state index in [0.717, 1.165) is 25.8 Å². The van der Waals surface area contributed by atoms with Crippen LogP contribution >= 0.6 is 0 Å². The van der Waals surface area contributed by atoms with Gasteiger partial charge in [0.1, 0.15) is 5.78 Å². The van der Waals surface area contributed by atoms with E-state index in [0.29, 0.717) is 24.8 Å². The highest BCUT2D eigenvalue weighted by Gasteiger charge is 2.24. The zero-order chi connectivity index (χ0) is 12.8. The second-order valence-electron chi connectivity index (χ2n) is 4.97. The van der Waals surface area contributed by atoms with E-state index in [-0.39, 0.29) is 6.61 Å². The summed E-state index contributed by atoms with van der Waals surface area (Å²) in [5.41, 5.74) is 1.24. The van der Waals surface area contributed by atoms with Crippen molar-refractivity contribution in [3.05, 3.63) is 35.9 Å². The van der Waals surface area contributed by atoms with Crippen molar-refractivity contribution in [3.8, 4) is 0 Å². The largest absolute Gasteiger partial charge is 0.395 e. The van der Waals surface area contributed by atoms with Crippen molar-refractivity contribution in [2.24, 2.45) is 0 Å². The van der Waals surface area contributed by atoms with Gasteiger partial charge in [0, 0.05) is 32.0 Å². The van der Waals surface area contributed by atoms with Crippen molar-refractivity contribution in [2.75, 3.05) is 13.2 Å². The number of Topliss-reactive ketones (excluding diaryl/α,β-unsaturated/α-hetero) is 1. The van der Waals surface area contributed by atoms with Gasteiger partial charge in [-0.15, -0.1) is 0 Å². The minimum Gasteiger partial charge on any atom is -0.395 e. The van der Waals surface area contributed by atoms with Crippen LogP contribution in [0.1, 0.15) is 31.2 Å². The topological polar surface area (TPSA) is 40.5 Å². The van der Waals surface area contributed by atoms with E-state index in [1.165, 1.54) is 5.56 Å². The monoisotopic (exact) mass is 247 g/mol. The Morgan fingerprint density at radius 2 is 2.06 bits per heavy atom. The molecule has 1 aromatic carbocycles. The Labute approximate surface area is 108 Å². The third-order valence-electron chi connectivity index (χ3n) is 3.59. The van der Waals surface area contributed by atoms with Crippen LogP contribution in [0.3, 0.4) is 0 Å². The molecule has 98 valence electrons. The fourth-order valence-corrected chi connectivity index (χ4v) is 2.65. The van der Waals surface area contributed by atoms with E-state index in [1.807, 2.05) is 18.2 Å². The van der Waals surface area contributed by atoms with Crippen LogP contribution in [-0.2, 0) is 11.3 Å². The average molecular weight is 247 g/mol. The van der Waals surface area contributed by atoms with Crippen LogP contribution in [0.25, 0.3) is 0 Å². The number of aliphatic hydroxyl groups excluding tert-OH is 1. The summed E-state index contributed by atoms with van der Waals surface area (Å²) in [5, 5.41) is 9.18. The van der Waals surface area contributed by atoms with Crippen LogP contribution in [0.4, 0.5) is 0 Å². The third-order valence-corrected chi connectivity index (χ3v) is 3.59. The summed E-state index contributed by atoms with van der Waals surface area (Å²) in [6, 6.07) is 10.5. The molecule has 0 aromatic heterocycles. The van der Waals surface area contributed by atoms with Gasteiger partial charge in [0.15, 0.2) is 0 Å². The number of benzene rings is 1. The van der Waals surface area contributed by atoms with E-state index < -0.39 is 0 Å². The fourth-order valence-electron chi connectivity index (χ4n) is 2.65. The Morgan fingerprint density at radius 3 is 2.72 bits per heavy atom. The molecule has 0 bridgehead atoms. The van der Waals surface area contributed by atoms with E-state index >= 15 is 0 Å². The molecular formula is C15H21NO2. The third kappa shape index (κ3) is 3.65. The molecule has 18 heavy (non-hydrogen) atoms.